The van der Waals surface area contributed by atoms with Gasteiger partial charge in [-0.1, -0.05) is 5.16 Å². The van der Waals surface area contributed by atoms with E-state index >= 15 is 0 Å². The second-order valence-electron chi connectivity index (χ2n) is 8.08. The lowest BCUT2D eigenvalue weighted by atomic mass is 10.0. The van der Waals surface area contributed by atoms with E-state index in [-0.39, 0.29) is 35.0 Å². The van der Waals surface area contributed by atoms with E-state index in [1.807, 2.05) is 0 Å². The molecule has 4 heterocycles. The van der Waals surface area contributed by atoms with Gasteiger partial charge < -0.3 is 25.7 Å². The number of nitrogens with two attached hydrogens (primary N) is 1. The predicted molar refractivity (Wildman–Crippen MR) is 130 cm³/mol. The maximum absolute atomic E-state index is 13.0. The number of rotatable bonds is 9. The van der Waals surface area contributed by atoms with Gasteiger partial charge in [0, 0.05) is 35.0 Å². The fourth-order valence-corrected chi connectivity index (χ4v) is 5.36. The summed E-state index contributed by atoms with van der Waals surface area (Å²) >= 11 is 2.25. The van der Waals surface area contributed by atoms with E-state index in [9.17, 15) is 19.5 Å². The molecule has 36 heavy (non-hydrogen) atoms. The van der Waals surface area contributed by atoms with Crippen LogP contribution in [0.2, 0.25) is 0 Å². The number of pyridine rings is 1. The second-order valence-corrected chi connectivity index (χ2v) is 9.97. The van der Waals surface area contributed by atoms with E-state index < -0.39 is 29.2 Å². The van der Waals surface area contributed by atoms with E-state index in [4.69, 9.17) is 15.3 Å². The molecule has 2 aromatic heterocycles. The number of amides is 2. The highest BCUT2D eigenvalue weighted by Gasteiger charge is 2.54. The minimum absolute atomic E-state index is 0.0273. The van der Waals surface area contributed by atoms with Gasteiger partial charge in [-0.25, -0.2) is 9.36 Å². The number of carboxylic acid groups (broad SMARTS) is 1. The first-order valence-corrected chi connectivity index (χ1v) is 12.6. The minimum Gasteiger partial charge on any atom is -0.496 e. The molecular formula is C21H24N7O6S2+. The van der Waals surface area contributed by atoms with Gasteiger partial charge in [-0.2, -0.15) is 9.36 Å². The number of nitrogen functional groups attached to an aromatic ring is 1. The summed E-state index contributed by atoms with van der Waals surface area (Å²) in [7, 11) is 1.56. The zero-order valence-corrected chi connectivity index (χ0v) is 21.2. The summed E-state index contributed by atoms with van der Waals surface area (Å²) in [6, 6.07) is 2.56. The SMILES string of the molecule is COc1cc[n+](CC2=C(C(=O)O)N3C(=O)C(NC(=O)C(=NOC(C)C)c4nsc(N)n4)[C@@H]3SC2)cc1. The number of nitrogens with one attached hydrogen (secondary N) is 1. The molecule has 1 fully saturated rings. The van der Waals surface area contributed by atoms with Crippen LogP contribution in [0.5, 0.6) is 5.75 Å². The Balaban J connectivity index is 1.52. The number of carboxylic acids is 1. The molecule has 0 bridgehead atoms. The minimum atomic E-state index is -1.21. The van der Waals surface area contributed by atoms with Gasteiger partial charge in [-0.15, -0.1) is 11.8 Å². The largest absolute Gasteiger partial charge is 0.496 e. The molecule has 0 aromatic carbocycles. The molecule has 0 spiro atoms. The number of β-lactam (4-membered cyclic amide) rings is 1. The molecule has 1 saturated heterocycles. The highest BCUT2D eigenvalue weighted by atomic mass is 32.2. The lowest BCUT2D eigenvalue weighted by molar-refractivity contribution is -0.689. The van der Waals surface area contributed by atoms with Gasteiger partial charge in [-0.3, -0.25) is 14.5 Å². The fourth-order valence-electron chi connectivity index (χ4n) is 3.59. The molecule has 0 saturated carbocycles. The quantitative estimate of drug-likeness (QED) is 0.172. The molecule has 15 heteroatoms. The van der Waals surface area contributed by atoms with Crippen molar-refractivity contribution in [1.29, 1.82) is 0 Å². The number of carbonyl (C=O) groups excluding carboxylic acids is 2. The van der Waals surface area contributed by atoms with Gasteiger partial charge in [0.15, 0.2) is 24.1 Å². The number of thioether (sulfide) groups is 1. The van der Waals surface area contributed by atoms with E-state index in [0.29, 0.717) is 17.1 Å². The van der Waals surface area contributed by atoms with Gasteiger partial charge in [0.1, 0.15) is 29.0 Å². The van der Waals surface area contributed by atoms with Crippen molar-refractivity contribution >= 4 is 51.9 Å². The lowest BCUT2D eigenvalue weighted by Crippen LogP contribution is -2.71. The Bertz CT molecular complexity index is 1240. The fraction of sp³-hybridized carbons (Fsp3) is 0.381. The van der Waals surface area contributed by atoms with Crippen LogP contribution in [-0.4, -0.2) is 73.2 Å². The normalized spacial score (nSPS) is 19.6. The zero-order chi connectivity index (χ0) is 26.0. The van der Waals surface area contributed by atoms with Gasteiger partial charge in [-0.05, 0) is 13.8 Å². The highest BCUT2D eigenvalue weighted by Crippen LogP contribution is 2.40. The van der Waals surface area contributed by atoms with Gasteiger partial charge in [0.05, 0.1) is 7.11 Å². The number of aliphatic carboxylic acids is 1. The molecular weight excluding hydrogens is 510 g/mol. The van der Waals surface area contributed by atoms with E-state index in [0.717, 1.165) is 11.5 Å². The van der Waals surface area contributed by atoms with Crippen LogP contribution >= 0.6 is 23.3 Å². The molecule has 2 aliphatic rings. The number of fused-ring (bicyclic) bond motifs is 1. The highest BCUT2D eigenvalue weighted by molar-refractivity contribution is 8.00. The van der Waals surface area contributed by atoms with Gasteiger partial charge in [0.25, 0.3) is 11.8 Å². The molecule has 2 amide bonds. The van der Waals surface area contributed by atoms with Crippen LogP contribution in [0.1, 0.15) is 19.7 Å². The summed E-state index contributed by atoms with van der Waals surface area (Å²) < 4.78 is 11.0. The first-order valence-electron chi connectivity index (χ1n) is 10.8. The zero-order valence-electron chi connectivity index (χ0n) is 19.6. The van der Waals surface area contributed by atoms with E-state index in [1.54, 1.807) is 50.1 Å². The number of ether oxygens (including phenoxy) is 1. The first-order chi connectivity index (χ1) is 17.2. The number of aromatic nitrogens is 3. The molecule has 0 radical (unpaired) electrons. The van der Waals surface area contributed by atoms with Crippen LogP contribution in [0, 0.1) is 0 Å². The van der Waals surface area contributed by atoms with Gasteiger partial charge in [0.2, 0.25) is 11.5 Å². The van der Waals surface area contributed by atoms with Crippen LogP contribution in [0.4, 0.5) is 5.13 Å². The summed E-state index contributed by atoms with van der Waals surface area (Å²) in [5, 5.41) is 15.9. The molecule has 2 aliphatic heterocycles. The second kappa shape index (κ2) is 10.5. The molecule has 1 unspecified atom stereocenters. The summed E-state index contributed by atoms with van der Waals surface area (Å²) in [4.78, 5) is 48.5. The van der Waals surface area contributed by atoms with Crippen LogP contribution < -0.4 is 20.4 Å². The topological polar surface area (TPSA) is 173 Å². The van der Waals surface area contributed by atoms with Crippen molar-refractivity contribution in [3.8, 4) is 5.75 Å². The van der Waals surface area contributed by atoms with Crippen molar-refractivity contribution < 1.29 is 33.6 Å². The Hall–Kier alpha value is -3.72. The smallest absolute Gasteiger partial charge is 0.352 e. The summed E-state index contributed by atoms with van der Waals surface area (Å²) in [6.45, 7) is 3.75. The lowest BCUT2D eigenvalue weighted by Gasteiger charge is -2.49. The van der Waals surface area contributed by atoms with Gasteiger partial charge >= 0.3 is 5.97 Å². The van der Waals surface area contributed by atoms with Crippen molar-refractivity contribution in [2.24, 2.45) is 5.16 Å². The summed E-state index contributed by atoms with van der Waals surface area (Å²) in [5.41, 5.74) is 5.90. The molecule has 2 atom stereocenters. The Morgan fingerprint density at radius 1 is 1.39 bits per heavy atom. The third kappa shape index (κ3) is 5.11. The number of anilines is 1. The Labute approximate surface area is 214 Å². The molecule has 190 valence electrons. The average molecular weight is 535 g/mol. The monoisotopic (exact) mass is 534 g/mol. The van der Waals surface area contributed by atoms with Crippen LogP contribution in [0.3, 0.4) is 0 Å². The number of carbonyl (C=O) groups is 3. The Morgan fingerprint density at radius 3 is 2.69 bits per heavy atom. The molecule has 13 nitrogen and oxygen atoms in total. The number of oxime groups is 1. The summed E-state index contributed by atoms with van der Waals surface area (Å²) in [6.07, 6.45) is 3.22. The standard InChI is InChI=1S/C21H23N7O6S2/c1-10(2)34-25-13(16-24-21(22)36-26-16)17(29)23-14-18(30)28-15(20(31)32)11(9-35-19(14)28)8-27-6-4-12(33-3)5-7-27/h4-7,10,14,19H,8-9H2,1-3H3,(H3-,22,23,24,26,29,31,32)/p+1/t14?,19-/m0/s1. The molecule has 4 N–H and O–H groups in total. The van der Waals surface area contributed by atoms with Crippen molar-refractivity contribution in [3.05, 3.63) is 41.6 Å². The Morgan fingerprint density at radius 2 is 2.11 bits per heavy atom. The van der Waals surface area contributed by atoms with Crippen LogP contribution in [-0.2, 0) is 25.8 Å². The third-order valence-corrected chi connectivity index (χ3v) is 7.11. The predicted octanol–water partition coefficient (Wildman–Crippen LogP) is -0.0157. The van der Waals surface area contributed by atoms with E-state index in [1.165, 1.54) is 16.7 Å². The molecule has 0 aliphatic carbocycles. The van der Waals surface area contributed by atoms with Crippen molar-refractivity contribution in [3.63, 3.8) is 0 Å². The molecule has 4 rings (SSSR count). The number of methoxy groups -OCH3 is 1. The maximum atomic E-state index is 13.0. The maximum Gasteiger partial charge on any atom is 0.352 e. The van der Waals surface area contributed by atoms with Crippen molar-refractivity contribution in [1.82, 2.24) is 19.6 Å². The summed E-state index contributed by atoms with van der Waals surface area (Å²) in [5.74, 6) is -1.47. The van der Waals surface area contributed by atoms with Crippen molar-refractivity contribution in [2.75, 3.05) is 18.6 Å². The third-order valence-electron chi connectivity index (χ3n) is 5.23. The number of nitrogens with zero attached hydrogens (tertiary/aromatic N) is 5. The first kappa shape index (κ1) is 25.4. The number of hydrogen-bond donors (Lipinski definition) is 3. The average Bonchev–Trinajstić information content (AvgIpc) is 3.28. The van der Waals surface area contributed by atoms with Crippen LogP contribution in [0.25, 0.3) is 0 Å². The van der Waals surface area contributed by atoms with E-state index in [2.05, 4.69) is 19.8 Å². The number of hydrogen-bond acceptors (Lipinski definition) is 11. The van der Waals surface area contributed by atoms with Crippen LogP contribution in [0.15, 0.2) is 41.0 Å². The Kier molecular flexibility index (Phi) is 7.40. The van der Waals surface area contributed by atoms with Crippen molar-refractivity contribution in [2.45, 2.75) is 37.9 Å². The molecule has 2 aromatic rings.